The van der Waals surface area contributed by atoms with Crippen LogP contribution >= 0.6 is 24.0 Å². The number of hydrogen-bond donors (Lipinski definition) is 1. The van der Waals surface area contributed by atoms with Crippen LogP contribution in [0.25, 0.3) is 0 Å². The molecule has 1 aromatic carbocycles. The zero-order valence-corrected chi connectivity index (χ0v) is 17.6. The van der Waals surface area contributed by atoms with Gasteiger partial charge in [0.15, 0.2) is 5.96 Å². The van der Waals surface area contributed by atoms with Crippen LogP contribution in [0.4, 0.5) is 0 Å². The van der Waals surface area contributed by atoms with E-state index in [0.717, 1.165) is 58.1 Å². The molecule has 1 N–H and O–H groups in total. The van der Waals surface area contributed by atoms with Crippen LogP contribution in [0, 0.1) is 0 Å². The third-order valence-electron chi connectivity index (χ3n) is 5.12. The van der Waals surface area contributed by atoms with Crippen LogP contribution in [0.5, 0.6) is 0 Å². The minimum Gasteiger partial charge on any atom is -0.381 e. The Kier molecular flexibility index (Phi) is 7.96. The van der Waals surface area contributed by atoms with E-state index in [1.54, 1.807) is 7.11 Å². The van der Waals surface area contributed by atoms with Gasteiger partial charge in [-0.05, 0) is 24.5 Å². The summed E-state index contributed by atoms with van der Waals surface area (Å²) in [5.41, 5.74) is 2.69. The van der Waals surface area contributed by atoms with Gasteiger partial charge >= 0.3 is 0 Å². The van der Waals surface area contributed by atoms with Crippen molar-refractivity contribution in [3.63, 3.8) is 0 Å². The molecule has 2 heterocycles. The number of methoxy groups -OCH3 is 1. The van der Waals surface area contributed by atoms with E-state index in [1.807, 2.05) is 0 Å². The highest BCUT2D eigenvalue weighted by Crippen LogP contribution is 2.25. The van der Waals surface area contributed by atoms with Crippen LogP contribution in [0.2, 0.25) is 0 Å². The van der Waals surface area contributed by atoms with Crippen molar-refractivity contribution < 1.29 is 9.47 Å². The van der Waals surface area contributed by atoms with Gasteiger partial charge in [-0.25, -0.2) is 0 Å². The molecule has 0 bridgehead atoms. The van der Waals surface area contributed by atoms with Crippen molar-refractivity contribution in [2.75, 3.05) is 40.0 Å². The quantitative estimate of drug-likeness (QED) is 0.428. The molecule has 0 aromatic heterocycles. The number of nitrogens with zero attached hydrogens (tertiary/aromatic N) is 2. The number of rotatable bonds is 4. The molecule has 25 heavy (non-hydrogen) atoms. The van der Waals surface area contributed by atoms with Gasteiger partial charge in [0.25, 0.3) is 0 Å². The lowest BCUT2D eigenvalue weighted by atomic mass is 9.94. The zero-order chi connectivity index (χ0) is 16.8. The summed E-state index contributed by atoms with van der Waals surface area (Å²) in [5.74, 6) is 0.995. The highest BCUT2D eigenvalue weighted by molar-refractivity contribution is 14.0. The maximum atomic E-state index is 5.82. The molecular weight excluding hydrogens is 429 g/mol. The first-order valence-electron chi connectivity index (χ1n) is 8.99. The van der Waals surface area contributed by atoms with Gasteiger partial charge in [0.2, 0.25) is 0 Å². The summed E-state index contributed by atoms with van der Waals surface area (Å²) < 4.78 is 11.3. The van der Waals surface area contributed by atoms with Gasteiger partial charge in [-0.1, -0.05) is 24.3 Å². The number of benzene rings is 1. The van der Waals surface area contributed by atoms with Crippen LogP contribution in [-0.2, 0) is 22.4 Å². The molecule has 0 amide bonds. The third kappa shape index (κ3) is 5.08. The van der Waals surface area contributed by atoms with Crippen LogP contribution in [0.3, 0.4) is 0 Å². The number of aliphatic imine (C=N–C) groups is 1. The van der Waals surface area contributed by atoms with E-state index in [4.69, 9.17) is 14.5 Å². The lowest BCUT2D eigenvalue weighted by molar-refractivity contribution is -0.0829. The topological polar surface area (TPSA) is 46.1 Å². The lowest BCUT2D eigenvalue weighted by Crippen LogP contribution is -2.46. The Hall–Kier alpha value is -0.860. The molecule has 1 saturated heterocycles. The van der Waals surface area contributed by atoms with E-state index < -0.39 is 0 Å². The molecule has 0 aliphatic carbocycles. The minimum absolute atomic E-state index is 0. The van der Waals surface area contributed by atoms with Crippen molar-refractivity contribution >= 4 is 29.9 Å². The van der Waals surface area contributed by atoms with Crippen LogP contribution < -0.4 is 5.32 Å². The zero-order valence-electron chi connectivity index (χ0n) is 15.3. The molecule has 3 rings (SSSR count). The van der Waals surface area contributed by atoms with Gasteiger partial charge in [-0.3, -0.25) is 4.99 Å². The second-order valence-corrected chi connectivity index (χ2v) is 6.61. The van der Waals surface area contributed by atoms with E-state index in [0.29, 0.717) is 6.54 Å². The maximum Gasteiger partial charge on any atom is 0.194 e. The van der Waals surface area contributed by atoms with Gasteiger partial charge in [-0.15, -0.1) is 24.0 Å². The van der Waals surface area contributed by atoms with Gasteiger partial charge < -0.3 is 19.7 Å². The summed E-state index contributed by atoms with van der Waals surface area (Å²) in [4.78, 5) is 7.28. The highest BCUT2D eigenvalue weighted by atomic mass is 127. The molecule has 0 atom stereocenters. The fourth-order valence-corrected chi connectivity index (χ4v) is 3.49. The molecule has 1 fully saturated rings. The number of nitrogens with one attached hydrogen (secondary N) is 1. The van der Waals surface area contributed by atoms with Crippen molar-refractivity contribution in [3.8, 4) is 0 Å². The molecule has 1 aromatic rings. The van der Waals surface area contributed by atoms with Gasteiger partial charge in [0.05, 0.1) is 12.1 Å². The summed E-state index contributed by atoms with van der Waals surface area (Å²) in [6.45, 7) is 7.13. The average Bonchev–Trinajstić information content (AvgIpc) is 2.65. The largest absolute Gasteiger partial charge is 0.381 e. The smallest absolute Gasteiger partial charge is 0.194 e. The van der Waals surface area contributed by atoms with Gasteiger partial charge in [0.1, 0.15) is 0 Å². The average molecular weight is 459 g/mol. The Labute approximate surface area is 168 Å². The van der Waals surface area contributed by atoms with Crippen molar-refractivity contribution in [1.29, 1.82) is 0 Å². The predicted molar refractivity (Wildman–Crippen MR) is 112 cm³/mol. The molecule has 6 heteroatoms. The van der Waals surface area contributed by atoms with Crippen LogP contribution in [0.1, 0.15) is 30.9 Å². The summed E-state index contributed by atoms with van der Waals surface area (Å²) in [6, 6.07) is 8.70. The van der Waals surface area contributed by atoms with E-state index >= 15 is 0 Å². The number of hydrogen-bond acceptors (Lipinski definition) is 3. The number of fused-ring (bicyclic) bond motifs is 1. The summed E-state index contributed by atoms with van der Waals surface area (Å²) >= 11 is 0. The number of halogens is 1. The van der Waals surface area contributed by atoms with Crippen molar-refractivity contribution in [2.45, 2.75) is 38.3 Å². The predicted octanol–water partition coefficient (Wildman–Crippen LogP) is 2.82. The number of guanidine groups is 1. The molecule has 0 spiro atoms. The Balaban J connectivity index is 0.00000225. The molecule has 0 radical (unpaired) electrons. The summed E-state index contributed by atoms with van der Waals surface area (Å²) in [6.07, 6.45) is 2.90. The SMILES string of the molecule is CCNC(=NCC1(OC)CCOCC1)N1CCc2ccccc2C1.I. The number of ether oxygens (including phenoxy) is 2. The maximum absolute atomic E-state index is 5.82. The first-order chi connectivity index (χ1) is 11.8. The second-order valence-electron chi connectivity index (χ2n) is 6.61. The summed E-state index contributed by atoms with van der Waals surface area (Å²) in [5, 5.41) is 3.45. The monoisotopic (exact) mass is 459 g/mol. The van der Waals surface area contributed by atoms with Crippen LogP contribution in [0.15, 0.2) is 29.3 Å². The van der Waals surface area contributed by atoms with E-state index in [-0.39, 0.29) is 29.6 Å². The Morgan fingerprint density at radius 1 is 1.28 bits per heavy atom. The van der Waals surface area contributed by atoms with Gasteiger partial charge in [0, 0.05) is 52.8 Å². The standard InChI is InChI=1S/C19H29N3O2.HI/c1-3-20-18(21-15-19(23-2)9-12-24-13-10-19)22-11-8-16-6-4-5-7-17(16)14-22;/h4-7H,3,8-15H2,1-2H3,(H,20,21);1H. The van der Waals surface area contributed by atoms with Gasteiger partial charge in [-0.2, -0.15) is 0 Å². The normalized spacial score (nSPS) is 19.8. The first-order valence-corrected chi connectivity index (χ1v) is 8.99. The fourth-order valence-electron chi connectivity index (χ4n) is 3.49. The Bertz CT molecular complexity index is 574. The molecule has 140 valence electrons. The van der Waals surface area contributed by atoms with E-state index in [2.05, 4.69) is 41.4 Å². The lowest BCUT2D eigenvalue weighted by Gasteiger charge is -2.36. The van der Waals surface area contributed by atoms with Crippen molar-refractivity contribution in [3.05, 3.63) is 35.4 Å². The molecular formula is C19H30IN3O2. The van der Waals surface area contributed by atoms with E-state index in [1.165, 1.54) is 11.1 Å². The molecule has 0 saturated carbocycles. The van der Waals surface area contributed by atoms with Crippen molar-refractivity contribution in [1.82, 2.24) is 10.2 Å². The summed E-state index contributed by atoms with van der Waals surface area (Å²) in [7, 11) is 1.80. The molecule has 2 aliphatic heterocycles. The molecule has 5 nitrogen and oxygen atoms in total. The minimum atomic E-state index is -0.174. The molecule has 0 unspecified atom stereocenters. The first kappa shape index (κ1) is 20.5. The molecule has 2 aliphatic rings. The van der Waals surface area contributed by atoms with E-state index in [9.17, 15) is 0 Å². The second kappa shape index (κ2) is 9.73. The van der Waals surface area contributed by atoms with Crippen molar-refractivity contribution in [2.24, 2.45) is 4.99 Å². The van der Waals surface area contributed by atoms with Crippen LogP contribution in [-0.4, -0.2) is 56.4 Å². The fraction of sp³-hybridized carbons (Fsp3) is 0.632. The third-order valence-corrected chi connectivity index (χ3v) is 5.12. The Morgan fingerprint density at radius 3 is 2.68 bits per heavy atom. The highest BCUT2D eigenvalue weighted by Gasteiger charge is 2.32. The Morgan fingerprint density at radius 2 is 2.00 bits per heavy atom.